The molecule has 0 spiro atoms. The lowest BCUT2D eigenvalue weighted by Gasteiger charge is -2.42. The van der Waals surface area contributed by atoms with Gasteiger partial charge >= 0.3 is 11.9 Å². The summed E-state index contributed by atoms with van der Waals surface area (Å²) in [5, 5.41) is 72.1. The van der Waals surface area contributed by atoms with Crippen LogP contribution < -0.4 is 0 Å². The van der Waals surface area contributed by atoms with Gasteiger partial charge in [0.15, 0.2) is 18.7 Å². The monoisotopic (exact) mass is 983 g/mol. The number of aliphatic hydroxyl groups is 7. The van der Waals surface area contributed by atoms with E-state index in [4.69, 9.17) is 28.4 Å². The van der Waals surface area contributed by atoms with Crippen LogP contribution in [0.1, 0.15) is 187 Å². The van der Waals surface area contributed by atoms with Gasteiger partial charge in [-0.1, -0.05) is 172 Å². The summed E-state index contributed by atoms with van der Waals surface area (Å²) in [6.07, 6.45) is 28.6. The molecule has 2 rings (SSSR count). The second-order valence-corrected chi connectivity index (χ2v) is 18.7. The van der Waals surface area contributed by atoms with Crippen molar-refractivity contribution in [2.45, 2.75) is 255 Å². The van der Waals surface area contributed by atoms with Crippen molar-refractivity contribution in [1.82, 2.24) is 0 Å². The number of carbonyl (C=O) groups is 2. The predicted octanol–water partition coefficient (Wildman–Crippen LogP) is 7.88. The molecular weight excluding hydrogens is 889 g/mol. The fourth-order valence-electron chi connectivity index (χ4n) is 8.21. The molecule has 2 aliphatic heterocycles. The molecule has 0 aromatic heterocycles. The van der Waals surface area contributed by atoms with Crippen LogP contribution in [0, 0.1) is 0 Å². The summed E-state index contributed by atoms with van der Waals surface area (Å²) in [7, 11) is 0. The Morgan fingerprint density at radius 2 is 0.913 bits per heavy atom. The molecule has 0 aromatic rings. The van der Waals surface area contributed by atoms with Gasteiger partial charge in [-0.25, -0.2) is 0 Å². The Hall–Kier alpha value is -2.54. The predicted molar refractivity (Wildman–Crippen MR) is 266 cm³/mol. The van der Waals surface area contributed by atoms with Crippen LogP contribution in [0.2, 0.25) is 0 Å². The molecule has 0 radical (unpaired) electrons. The van der Waals surface area contributed by atoms with E-state index in [1.807, 2.05) is 0 Å². The Balaban J connectivity index is 1.75. The van der Waals surface area contributed by atoms with Crippen LogP contribution in [0.25, 0.3) is 0 Å². The third-order valence-corrected chi connectivity index (χ3v) is 12.6. The minimum atomic E-state index is -1.76. The van der Waals surface area contributed by atoms with Crippen LogP contribution in [0.5, 0.6) is 0 Å². The standard InChI is InChI=1S/C54H94O15/c1-3-5-7-9-11-13-15-16-17-18-19-20-21-22-23-24-25-26-27-29-31-33-35-37-46(57)67-42(39-64-45(56)36-34-32-30-28-14-12-10-8-6-4-2)40-65-53-52(63)50(61)48(59)44(69-53)41-66-54-51(62)49(60)47(58)43(38-55)68-54/h5,7,11,13,16-17,19-20,42-44,47-55,58-63H,3-4,6,8-10,12,14-15,18,21-41H2,1-2H3/b7-5-,13-11-,17-16-,20-19-. The number of carbonyl (C=O) groups excluding carboxylic acids is 2. The molecule has 11 atom stereocenters. The molecule has 7 N–H and O–H groups in total. The van der Waals surface area contributed by atoms with Crippen molar-refractivity contribution in [2.24, 2.45) is 0 Å². The van der Waals surface area contributed by atoms with Crippen LogP contribution in [0.15, 0.2) is 48.6 Å². The normalized spacial score (nSPS) is 25.9. The van der Waals surface area contributed by atoms with E-state index in [0.717, 1.165) is 77.0 Å². The van der Waals surface area contributed by atoms with Crippen LogP contribution >= 0.6 is 0 Å². The zero-order chi connectivity index (χ0) is 50.3. The van der Waals surface area contributed by atoms with E-state index in [1.54, 1.807) is 0 Å². The zero-order valence-corrected chi connectivity index (χ0v) is 42.3. The summed E-state index contributed by atoms with van der Waals surface area (Å²) in [5.74, 6) is -0.929. The molecule has 0 aromatic carbocycles. The molecule has 2 saturated heterocycles. The maximum atomic E-state index is 13.0. The van der Waals surface area contributed by atoms with E-state index in [2.05, 4.69) is 62.5 Å². The molecular formula is C54H94O15. The van der Waals surface area contributed by atoms with Gasteiger partial charge in [0.25, 0.3) is 0 Å². The van der Waals surface area contributed by atoms with Gasteiger partial charge in [0.2, 0.25) is 0 Å². The summed E-state index contributed by atoms with van der Waals surface area (Å²) in [5.41, 5.74) is 0. The molecule has 69 heavy (non-hydrogen) atoms. The molecule has 0 bridgehead atoms. The summed E-state index contributed by atoms with van der Waals surface area (Å²) in [6, 6.07) is 0. The largest absolute Gasteiger partial charge is 0.462 e. The average Bonchev–Trinajstić information content (AvgIpc) is 3.34. The Morgan fingerprint density at radius 3 is 1.43 bits per heavy atom. The smallest absolute Gasteiger partial charge is 0.306 e. The molecule has 400 valence electrons. The fourth-order valence-corrected chi connectivity index (χ4v) is 8.21. The third kappa shape index (κ3) is 28.9. The van der Waals surface area contributed by atoms with Crippen molar-refractivity contribution in [1.29, 1.82) is 0 Å². The quantitative estimate of drug-likeness (QED) is 0.0176. The van der Waals surface area contributed by atoms with Gasteiger partial charge in [0.05, 0.1) is 19.8 Å². The number of aliphatic hydroxyl groups excluding tert-OH is 7. The van der Waals surface area contributed by atoms with Crippen molar-refractivity contribution in [3.63, 3.8) is 0 Å². The molecule has 15 heteroatoms. The zero-order valence-electron chi connectivity index (χ0n) is 42.3. The van der Waals surface area contributed by atoms with Crippen molar-refractivity contribution >= 4 is 11.9 Å². The second kappa shape index (κ2) is 41.0. The highest BCUT2D eigenvalue weighted by molar-refractivity contribution is 5.70. The lowest BCUT2D eigenvalue weighted by atomic mass is 9.98. The molecule has 0 aliphatic carbocycles. The van der Waals surface area contributed by atoms with Gasteiger partial charge in [0.1, 0.15) is 55.4 Å². The Morgan fingerprint density at radius 1 is 0.478 bits per heavy atom. The highest BCUT2D eigenvalue weighted by Gasteiger charge is 2.47. The number of allylic oxidation sites excluding steroid dienone is 8. The number of hydrogen-bond donors (Lipinski definition) is 7. The average molecular weight is 983 g/mol. The minimum absolute atomic E-state index is 0.160. The first-order valence-corrected chi connectivity index (χ1v) is 26.7. The van der Waals surface area contributed by atoms with Gasteiger partial charge in [-0.2, -0.15) is 0 Å². The van der Waals surface area contributed by atoms with Crippen LogP contribution in [0.3, 0.4) is 0 Å². The summed E-state index contributed by atoms with van der Waals surface area (Å²) in [4.78, 5) is 25.7. The van der Waals surface area contributed by atoms with Crippen molar-refractivity contribution < 1.29 is 73.8 Å². The topological polar surface area (TPSA) is 231 Å². The van der Waals surface area contributed by atoms with Gasteiger partial charge < -0.3 is 64.2 Å². The first kappa shape index (κ1) is 62.6. The molecule has 0 amide bonds. The Labute approximate surface area is 414 Å². The number of unbranched alkanes of at least 4 members (excludes halogenated alkanes) is 19. The van der Waals surface area contributed by atoms with Crippen molar-refractivity contribution in [3.8, 4) is 0 Å². The summed E-state index contributed by atoms with van der Waals surface area (Å²) >= 11 is 0. The van der Waals surface area contributed by atoms with Crippen LogP contribution in [0.4, 0.5) is 0 Å². The first-order chi connectivity index (χ1) is 33.5. The highest BCUT2D eigenvalue weighted by Crippen LogP contribution is 2.26. The second-order valence-electron chi connectivity index (χ2n) is 18.7. The van der Waals surface area contributed by atoms with Gasteiger partial charge in [-0.05, 0) is 51.4 Å². The van der Waals surface area contributed by atoms with Gasteiger partial charge in [-0.3, -0.25) is 9.59 Å². The molecule has 2 aliphatic rings. The Kier molecular flexibility index (Phi) is 37.2. The van der Waals surface area contributed by atoms with Crippen LogP contribution in [-0.4, -0.2) is 142 Å². The third-order valence-electron chi connectivity index (χ3n) is 12.6. The van der Waals surface area contributed by atoms with E-state index < -0.39 is 92.7 Å². The van der Waals surface area contributed by atoms with E-state index in [9.17, 15) is 45.3 Å². The van der Waals surface area contributed by atoms with Crippen molar-refractivity contribution in [2.75, 3.05) is 26.4 Å². The molecule has 11 unspecified atom stereocenters. The van der Waals surface area contributed by atoms with E-state index >= 15 is 0 Å². The van der Waals surface area contributed by atoms with Crippen molar-refractivity contribution in [3.05, 3.63) is 48.6 Å². The molecule has 2 fully saturated rings. The summed E-state index contributed by atoms with van der Waals surface area (Å²) < 4.78 is 33.6. The highest BCUT2D eigenvalue weighted by atomic mass is 16.7. The number of rotatable bonds is 41. The van der Waals surface area contributed by atoms with Crippen LogP contribution in [-0.2, 0) is 38.0 Å². The number of hydrogen-bond acceptors (Lipinski definition) is 15. The molecule has 0 saturated carbocycles. The Bertz CT molecular complexity index is 1390. The van der Waals surface area contributed by atoms with Gasteiger partial charge in [-0.15, -0.1) is 0 Å². The number of esters is 2. The van der Waals surface area contributed by atoms with E-state index in [1.165, 1.54) is 70.6 Å². The van der Waals surface area contributed by atoms with Gasteiger partial charge in [0, 0.05) is 12.8 Å². The molecule has 15 nitrogen and oxygen atoms in total. The maximum absolute atomic E-state index is 13.0. The number of ether oxygens (including phenoxy) is 6. The first-order valence-electron chi connectivity index (χ1n) is 26.7. The summed E-state index contributed by atoms with van der Waals surface area (Å²) in [6.45, 7) is 2.46. The molecule has 2 heterocycles. The SMILES string of the molecule is CC/C=C\C/C=C\C/C=C\C/C=C\CCCCCCCCCCCCC(=O)OC(COC(=O)CCCCCCCCCCCC)COC1OC(COC2OC(CO)C(O)C(O)C2O)C(O)C(O)C1O. The minimum Gasteiger partial charge on any atom is -0.462 e. The fraction of sp³-hybridized carbons (Fsp3) is 0.815. The van der Waals surface area contributed by atoms with E-state index in [0.29, 0.717) is 12.8 Å². The maximum Gasteiger partial charge on any atom is 0.306 e. The van der Waals surface area contributed by atoms with E-state index in [-0.39, 0.29) is 26.1 Å². The lowest BCUT2D eigenvalue weighted by Crippen LogP contribution is -2.61. The lowest BCUT2D eigenvalue weighted by molar-refractivity contribution is -0.332.